The fraction of sp³-hybridized carbons (Fsp3) is 0.0588. The summed E-state index contributed by atoms with van der Waals surface area (Å²) in [5, 5.41) is 9.60. The number of furan rings is 1. The van der Waals surface area contributed by atoms with Crippen molar-refractivity contribution in [2.45, 2.75) is 0 Å². The summed E-state index contributed by atoms with van der Waals surface area (Å²) in [6, 6.07) is 16.4. The van der Waals surface area contributed by atoms with Gasteiger partial charge >= 0.3 is 0 Å². The maximum atomic E-state index is 12.6. The van der Waals surface area contributed by atoms with E-state index in [0.717, 1.165) is 11.1 Å². The zero-order valence-electron chi connectivity index (χ0n) is 11.4. The van der Waals surface area contributed by atoms with Crippen LogP contribution in [0.2, 0.25) is 0 Å². The molecule has 0 bridgehead atoms. The number of benzene rings is 2. The maximum absolute atomic E-state index is 12.6. The van der Waals surface area contributed by atoms with E-state index in [9.17, 15) is 4.79 Å². The molecule has 0 saturated heterocycles. The predicted molar refractivity (Wildman–Crippen MR) is 80.1 cm³/mol. The molecule has 0 aliphatic rings. The molecule has 3 aromatic rings. The Morgan fingerprint density at radius 2 is 1.86 bits per heavy atom. The number of nitrogens with zero attached hydrogens (tertiary/aromatic N) is 2. The number of amides is 1. The van der Waals surface area contributed by atoms with Crippen LogP contribution < -0.4 is 4.90 Å². The quantitative estimate of drug-likeness (QED) is 0.718. The molecule has 1 amide bonds. The summed E-state index contributed by atoms with van der Waals surface area (Å²) in [5.41, 5.74) is 2.50. The average molecular weight is 276 g/mol. The van der Waals surface area contributed by atoms with E-state index in [1.807, 2.05) is 24.3 Å². The van der Waals surface area contributed by atoms with E-state index in [0.29, 0.717) is 16.7 Å². The number of nitriles is 1. The van der Waals surface area contributed by atoms with Gasteiger partial charge in [-0.2, -0.15) is 5.26 Å². The van der Waals surface area contributed by atoms with Crippen LogP contribution in [-0.4, -0.2) is 13.0 Å². The minimum absolute atomic E-state index is 0.148. The number of para-hydroxylation sites is 1. The smallest absolute Gasteiger partial charge is 0.261 e. The van der Waals surface area contributed by atoms with E-state index in [1.165, 1.54) is 6.26 Å². The number of hydrogen-bond donors (Lipinski definition) is 0. The molecule has 1 heterocycles. The number of hydrogen-bond acceptors (Lipinski definition) is 3. The number of carbonyl (C=O) groups is 1. The Morgan fingerprint density at radius 1 is 1.14 bits per heavy atom. The van der Waals surface area contributed by atoms with Gasteiger partial charge in [-0.3, -0.25) is 4.79 Å². The normalized spacial score (nSPS) is 10.3. The number of rotatable bonds is 2. The van der Waals surface area contributed by atoms with Crippen LogP contribution in [0.25, 0.3) is 11.0 Å². The van der Waals surface area contributed by atoms with Gasteiger partial charge in [0, 0.05) is 18.1 Å². The molecule has 0 radical (unpaired) electrons. The number of carbonyl (C=O) groups excluding carboxylic acids is 1. The number of fused-ring (bicyclic) bond motifs is 1. The first-order valence-electron chi connectivity index (χ1n) is 6.45. The third-order valence-electron chi connectivity index (χ3n) is 3.40. The molecular formula is C17H12N2O2. The van der Waals surface area contributed by atoms with Crippen LogP contribution in [0.15, 0.2) is 59.2 Å². The van der Waals surface area contributed by atoms with Crippen LogP contribution in [0.5, 0.6) is 0 Å². The minimum Gasteiger partial charge on any atom is -0.463 e. The van der Waals surface area contributed by atoms with E-state index in [1.54, 1.807) is 36.2 Å². The molecule has 0 saturated carbocycles. The highest BCUT2D eigenvalue weighted by molar-refractivity contribution is 6.13. The molecule has 0 spiro atoms. The van der Waals surface area contributed by atoms with Gasteiger partial charge in [-0.05, 0) is 30.3 Å². The highest BCUT2D eigenvalue weighted by Gasteiger charge is 2.18. The lowest BCUT2D eigenvalue weighted by Gasteiger charge is -2.16. The minimum atomic E-state index is -0.148. The molecule has 4 heteroatoms. The van der Waals surface area contributed by atoms with Crippen molar-refractivity contribution in [3.05, 3.63) is 65.9 Å². The summed E-state index contributed by atoms with van der Waals surface area (Å²) < 4.78 is 5.40. The molecule has 0 aliphatic heterocycles. The molecule has 0 atom stereocenters. The Labute approximate surface area is 121 Å². The van der Waals surface area contributed by atoms with E-state index >= 15 is 0 Å². The molecular weight excluding hydrogens is 264 g/mol. The number of anilines is 1. The highest BCUT2D eigenvalue weighted by Crippen LogP contribution is 2.24. The second-order valence-corrected chi connectivity index (χ2v) is 4.67. The summed E-state index contributed by atoms with van der Waals surface area (Å²) in [6.07, 6.45) is 1.48. The fourth-order valence-corrected chi connectivity index (χ4v) is 2.20. The van der Waals surface area contributed by atoms with Gasteiger partial charge in [0.05, 0.1) is 17.2 Å². The molecule has 0 fully saturated rings. The standard InChI is InChI=1S/C17H12N2O2/c1-19(13-8-6-12(10-18)7-9-13)17(20)15-11-21-16-5-3-2-4-14(15)16/h2-9,11H,1H3. The third kappa shape index (κ3) is 2.26. The average Bonchev–Trinajstić information content (AvgIpc) is 2.97. The summed E-state index contributed by atoms with van der Waals surface area (Å²) in [6.45, 7) is 0. The van der Waals surface area contributed by atoms with E-state index < -0.39 is 0 Å². The predicted octanol–water partition coefficient (Wildman–Crippen LogP) is 3.58. The van der Waals surface area contributed by atoms with E-state index in [2.05, 4.69) is 6.07 Å². The van der Waals surface area contributed by atoms with Gasteiger partial charge in [0.15, 0.2) is 0 Å². The first-order chi connectivity index (χ1) is 10.2. The summed E-state index contributed by atoms with van der Waals surface area (Å²) in [5.74, 6) is -0.148. The van der Waals surface area contributed by atoms with Crippen LogP contribution in [0.3, 0.4) is 0 Å². The maximum Gasteiger partial charge on any atom is 0.261 e. The topological polar surface area (TPSA) is 57.2 Å². The van der Waals surface area contributed by atoms with Gasteiger partial charge in [-0.25, -0.2) is 0 Å². The van der Waals surface area contributed by atoms with Crippen molar-refractivity contribution in [2.75, 3.05) is 11.9 Å². The highest BCUT2D eigenvalue weighted by atomic mass is 16.3. The first-order valence-corrected chi connectivity index (χ1v) is 6.45. The van der Waals surface area contributed by atoms with Crippen molar-refractivity contribution < 1.29 is 9.21 Å². The summed E-state index contributed by atoms with van der Waals surface area (Å²) in [4.78, 5) is 14.1. The lowest BCUT2D eigenvalue weighted by atomic mass is 10.1. The molecule has 1 aromatic heterocycles. The lowest BCUT2D eigenvalue weighted by Crippen LogP contribution is -2.25. The zero-order valence-corrected chi connectivity index (χ0v) is 11.4. The Kier molecular flexibility index (Phi) is 3.17. The van der Waals surface area contributed by atoms with Crippen molar-refractivity contribution in [1.82, 2.24) is 0 Å². The molecule has 21 heavy (non-hydrogen) atoms. The van der Waals surface area contributed by atoms with Crippen molar-refractivity contribution in [1.29, 1.82) is 5.26 Å². The van der Waals surface area contributed by atoms with Gasteiger partial charge in [0.2, 0.25) is 0 Å². The first kappa shape index (κ1) is 12.9. The molecule has 102 valence electrons. The second-order valence-electron chi connectivity index (χ2n) is 4.67. The second kappa shape index (κ2) is 5.14. The van der Waals surface area contributed by atoms with E-state index in [-0.39, 0.29) is 5.91 Å². The zero-order chi connectivity index (χ0) is 14.8. The Hall–Kier alpha value is -3.06. The molecule has 4 nitrogen and oxygen atoms in total. The van der Waals surface area contributed by atoms with Crippen molar-refractivity contribution in [3.63, 3.8) is 0 Å². The Balaban J connectivity index is 1.95. The summed E-state index contributed by atoms with van der Waals surface area (Å²) >= 11 is 0. The van der Waals surface area contributed by atoms with Crippen molar-refractivity contribution in [2.24, 2.45) is 0 Å². The van der Waals surface area contributed by atoms with Gasteiger partial charge in [0.25, 0.3) is 5.91 Å². The van der Waals surface area contributed by atoms with Crippen molar-refractivity contribution in [3.8, 4) is 6.07 Å². The monoisotopic (exact) mass is 276 g/mol. The SMILES string of the molecule is CN(C(=O)c1coc2ccccc12)c1ccc(C#N)cc1. The largest absolute Gasteiger partial charge is 0.463 e. The fourth-order valence-electron chi connectivity index (χ4n) is 2.20. The van der Waals surface area contributed by atoms with Crippen LogP contribution in [0, 0.1) is 11.3 Å². The van der Waals surface area contributed by atoms with Gasteiger partial charge < -0.3 is 9.32 Å². The van der Waals surface area contributed by atoms with Crippen LogP contribution in [0.1, 0.15) is 15.9 Å². The molecule has 0 N–H and O–H groups in total. The van der Waals surface area contributed by atoms with Crippen LogP contribution in [-0.2, 0) is 0 Å². The van der Waals surface area contributed by atoms with Crippen LogP contribution in [0.4, 0.5) is 5.69 Å². The lowest BCUT2D eigenvalue weighted by molar-refractivity contribution is 0.0994. The summed E-state index contributed by atoms with van der Waals surface area (Å²) in [7, 11) is 1.70. The van der Waals surface area contributed by atoms with Gasteiger partial charge in [-0.1, -0.05) is 18.2 Å². The molecule has 2 aromatic carbocycles. The van der Waals surface area contributed by atoms with E-state index in [4.69, 9.17) is 9.68 Å². The van der Waals surface area contributed by atoms with Crippen molar-refractivity contribution >= 4 is 22.6 Å². The van der Waals surface area contributed by atoms with Gasteiger partial charge in [-0.15, -0.1) is 0 Å². The van der Waals surface area contributed by atoms with Crippen LogP contribution >= 0.6 is 0 Å². The Bertz CT molecular complexity index is 841. The Morgan fingerprint density at radius 3 is 2.57 bits per heavy atom. The third-order valence-corrected chi connectivity index (χ3v) is 3.40. The molecule has 3 rings (SSSR count). The molecule has 0 unspecified atom stereocenters. The van der Waals surface area contributed by atoms with Gasteiger partial charge in [0.1, 0.15) is 11.8 Å². The molecule has 0 aliphatic carbocycles.